The molecule has 0 spiro atoms. The molecular formula is C14H16N2O4S. The highest BCUT2D eigenvalue weighted by Crippen LogP contribution is 2.28. The molecule has 1 aliphatic rings. The van der Waals surface area contributed by atoms with Crippen LogP contribution in [-0.4, -0.2) is 36.0 Å². The lowest BCUT2D eigenvalue weighted by molar-refractivity contribution is -0.131. The third-order valence-electron chi connectivity index (χ3n) is 2.97. The molecule has 2 amide bonds. The van der Waals surface area contributed by atoms with Gasteiger partial charge in [-0.15, -0.1) is 11.3 Å². The van der Waals surface area contributed by atoms with E-state index >= 15 is 0 Å². The number of hydrogen-bond donors (Lipinski definition) is 3. The number of hydrogen-bond acceptors (Lipinski definition) is 4. The molecule has 1 fully saturated rings. The number of thiophene rings is 1. The summed E-state index contributed by atoms with van der Waals surface area (Å²) in [6.45, 7) is 0.740. The zero-order valence-electron chi connectivity index (χ0n) is 11.3. The first-order valence-corrected chi connectivity index (χ1v) is 7.50. The molecule has 0 saturated heterocycles. The van der Waals surface area contributed by atoms with E-state index in [4.69, 9.17) is 5.11 Å². The largest absolute Gasteiger partial charge is 0.478 e. The zero-order chi connectivity index (χ0) is 15.2. The Morgan fingerprint density at radius 1 is 1.29 bits per heavy atom. The number of carbonyl (C=O) groups excluding carboxylic acids is 2. The standard InChI is InChI=1S/C14H16N2O4S/c17-11(18)4-3-9-5-8-21-12(9)14(20)16-7-6-15-13(19)10-1-2-10/h3-5,8,10H,1-2,6-7H2,(H,15,19)(H,16,20)(H,17,18)/b4-3+. The summed E-state index contributed by atoms with van der Waals surface area (Å²) >= 11 is 1.24. The van der Waals surface area contributed by atoms with Crippen LogP contribution in [-0.2, 0) is 9.59 Å². The molecule has 112 valence electrons. The first-order valence-electron chi connectivity index (χ1n) is 6.62. The van der Waals surface area contributed by atoms with Gasteiger partial charge >= 0.3 is 5.97 Å². The number of rotatable bonds is 7. The van der Waals surface area contributed by atoms with Crippen LogP contribution in [0.1, 0.15) is 28.1 Å². The summed E-state index contributed by atoms with van der Waals surface area (Å²) in [4.78, 5) is 34.3. The van der Waals surface area contributed by atoms with E-state index in [1.165, 1.54) is 17.4 Å². The van der Waals surface area contributed by atoms with Crippen LogP contribution in [0.2, 0.25) is 0 Å². The Labute approximate surface area is 125 Å². The fourth-order valence-electron chi connectivity index (χ4n) is 1.73. The first-order chi connectivity index (χ1) is 10.1. The van der Waals surface area contributed by atoms with Gasteiger partial charge in [0.1, 0.15) is 0 Å². The van der Waals surface area contributed by atoms with Crippen LogP contribution < -0.4 is 10.6 Å². The smallest absolute Gasteiger partial charge is 0.328 e. The van der Waals surface area contributed by atoms with Crippen LogP contribution >= 0.6 is 11.3 Å². The lowest BCUT2D eigenvalue weighted by atomic mass is 10.2. The van der Waals surface area contributed by atoms with Gasteiger partial charge in [0.2, 0.25) is 5.91 Å². The van der Waals surface area contributed by atoms with Crippen molar-refractivity contribution in [2.45, 2.75) is 12.8 Å². The molecule has 6 nitrogen and oxygen atoms in total. The molecule has 1 heterocycles. The lowest BCUT2D eigenvalue weighted by Gasteiger charge is -2.06. The van der Waals surface area contributed by atoms with Crippen molar-refractivity contribution >= 4 is 35.2 Å². The first kappa shape index (κ1) is 15.2. The second-order valence-electron chi connectivity index (χ2n) is 4.70. The van der Waals surface area contributed by atoms with Gasteiger partial charge in [-0.2, -0.15) is 0 Å². The van der Waals surface area contributed by atoms with E-state index in [2.05, 4.69) is 10.6 Å². The summed E-state index contributed by atoms with van der Waals surface area (Å²) in [5.41, 5.74) is 0.571. The van der Waals surface area contributed by atoms with Gasteiger partial charge in [-0.1, -0.05) is 0 Å². The van der Waals surface area contributed by atoms with Gasteiger partial charge in [0, 0.05) is 25.1 Å². The molecule has 0 aromatic carbocycles. The second kappa shape index (κ2) is 7.03. The maximum absolute atomic E-state index is 12.0. The maximum Gasteiger partial charge on any atom is 0.328 e. The van der Waals surface area contributed by atoms with Gasteiger partial charge < -0.3 is 15.7 Å². The minimum absolute atomic E-state index is 0.0467. The molecule has 0 atom stereocenters. The quantitative estimate of drug-likeness (QED) is 0.519. The van der Waals surface area contributed by atoms with Crippen LogP contribution in [0.4, 0.5) is 0 Å². The van der Waals surface area contributed by atoms with Gasteiger partial charge in [0.25, 0.3) is 5.91 Å². The topological polar surface area (TPSA) is 95.5 Å². The zero-order valence-corrected chi connectivity index (χ0v) is 12.1. The summed E-state index contributed by atoms with van der Waals surface area (Å²) in [5.74, 6) is -1.12. The van der Waals surface area contributed by atoms with Crippen LogP contribution in [0.15, 0.2) is 17.5 Å². The van der Waals surface area contributed by atoms with Crippen molar-refractivity contribution in [3.05, 3.63) is 28.0 Å². The monoisotopic (exact) mass is 308 g/mol. The van der Waals surface area contributed by atoms with E-state index in [0.29, 0.717) is 23.5 Å². The van der Waals surface area contributed by atoms with E-state index in [0.717, 1.165) is 18.9 Å². The minimum atomic E-state index is -1.06. The maximum atomic E-state index is 12.0. The lowest BCUT2D eigenvalue weighted by Crippen LogP contribution is -2.35. The van der Waals surface area contributed by atoms with E-state index in [1.807, 2.05) is 0 Å². The number of aliphatic carboxylic acids is 1. The Morgan fingerprint density at radius 2 is 2.00 bits per heavy atom. The summed E-state index contributed by atoms with van der Waals surface area (Å²) < 4.78 is 0. The molecule has 1 aromatic heterocycles. The normalized spacial score (nSPS) is 14.1. The predicted molar refractivity (Wildman–Crippen MR) is 79.1 cm³/mol. The average Bonchev–Trinajstić information content (AvgIpc) is 3.19. The van der Waals surface area contributed by atoms with Crippen LogP contribution in [0.3, 0.4) is 0 Å². The molecule has 21 heavy (non-hydrogen) atoms. The Balaban J connectivity index is 1.78. The third kappa shape index (κ3) is 4.71. The van der Waals surface area contributed by atoms with Crippen molar-refractivity contribution in [1.82, 2.24) is 10.6 Å². The molecule has 2 rings (SSSR count). The van der Waals surface area contributed by atoms with E-state index in [9.17, 15) is 14.4 Å². The van der Waals surface area contributed by atoms with Crippen LogP contribution in [0, 0.1) is 5.92 Å². The molecule has 3 N–H and O–H groups in total. The molecule has 7 heteroatoms. The third-order valence-corrected chi connectivity index (χ3v) is 3.89. The number of amides is 2. The molecule has 1 aliphatic carbocycles. The van der Waals surface area contributed by atoms with E-state index in [1.54, 1.807) is 11.4 Å². The Bertz CT molecular complexity index is 575. The molecule has 0 aliphatic heterocycles. The number of carbonyl (C=O) groups is 3. The fraction of sp³-hybridized carbons (Fsp3) is 0.357. The predicted octanol–water partition coefficient (Wildman–Crippen LogP) is 1.10. The molecule has 0 radical (unpaired) electrons. The highest BCUT2D eigenvalue weighted by molar-refractivity contribution is 7.12. The Hall–Kier alpha value is -2.15. The molecular weight excluding hydrogens is 292 g/mol. The van der Waals surface area contributed by atoms with Gasteiger partial charge in [-0.05, 0) is 35.9 Å². The van der Waals surface area contributed by atoms with Crippen LogP contribution in [0.25, 0.3) is 6.08 Å². The second-order valence-corrected chi connectivity index (χ2v) is 5.61. The summed E-state index contributed by atoms with van der Waals surface area (Å²) in [6, 6.07) is 1.69. The molecule has 1 aromatic rings. The van der Waals surface area contributed by atoms with Gasteiger partial charge in [0.05, 0.1) is 4.88 Å². The summed E-state index contributed by atoms with van der Waals surface area (Å²) in [7, 11) is 0. The van der Waals surface area contributed by atoms with Crippen LogP contribution in [0.5, 0.6) is 0 Å². The van der Waals surface area contributed by atoms with E-state index in [-0.39, 0.29) is 17.7 Å². The van der Waals surface area contributed by atoms with Crippen molar-refractivity contribution in [3.63, 3.8) is 0 Å². The Kier molecular flexibility index (Phi) is 5.10. The van der Waals surface area contributed by atoms with Crippen molar-refractivity contribution in [1.29, 1.82) is 0 Å². The van der Waals surface area contributed by atoms with Gasteiger partial charge in [0.15, 0.2) is 0 Å². The van der Waals surface area contributed by atoms with E-state index < -0.39 is 5.97 Å². The molecule has 1 saturated carbocycles. The Morgan fingerprint density at radius 3 is 2.67 bits per heavy atom. The number of nitrogens with one attached hydrogen (secondary N) is 2. The molecule has 0 unspecified atom stereocenters. The van der Waals surface area contributed by atoms with Crippen molar-refractivity contribution in [2.75, 3.05) is 13.1 Å². The van der Waals surface area contributed by atoms with Crippen molar-refractivity contribution in [2.24, 2.45) is 5.92 Å². The number of carboxylic acid groups (broad SMARTS) is 1. The van der Waals surface area contributed by atoms with Crippen molar-refractivity contribution in [3.8, 4) is 0 Å². The highest BCUT2D eigenvalue weighted by Gasteiger charge is 2.29. The molecule has 0 bridgehead atoms. The fourth-order valence-corrected chi connectivity index (χ4v) is 2.53. The van der Waals surface area contributed by atoms with Gasteiger partial charge in [-0.25, -0.2) is 4.79 Å². The minimum Gasteiger partial charge on any atom is -0.478 e. The van der Waals surface area contributed by atoms with Gasteiger partial charge in [-0.3, -0.25) is 9.59 Å². The summed E-state index contributed by atoms with van der Waals surface area (Å²) in [6.07, 6.45) is 4.29. The SMILES string of the molecule is O=C(O)/C=C/c1ccsc1C(=O)NCCNC(=O)C1CC1. The average molecular weight is 308 g/mol. The number of carboxylic acids is 1. The highest BCUT2D eigenvalue weighted by atomic mass is 32.1. The van der Waals surface area contributed by atoms with Crippen molar-refractivity contribution < 1.29 is 19.5 Å². The summed E-state index contributed by atoms with van der Waals surface area (Å²) in [5, 5.41) is 15.8.